The van der Waals surface area contributed by atoms with E-state index >= 15 is 0 Å². The Morgan fingerprint density at radius 3 is 2.28 bits per heavy atom. The quantitative estimate of drug-likeness (QED) is 0.724. The normalized spacial score (nSPS) is 15.6. The Bertz CT molecular complexity index is 969. The zero-order valence-corrected chi connectivity index (χ0v) is 18.5. The van der Waals surface area contributed by atoms with E-state index in [0.29, 0.717) is 17.3 Å². The number of carbonyl (C=O) groups excluding carboxylic acids is 1. The lowest BCUT2D eigenvalue weighted by atomic mass is 9.95. The van der Waals surface area contributed by atoms with Gasteiger partial charge in [-0.25, -0.2) is 13.1 Å². The van der Waals surface area contributed by atoms with Gasteiger partial charge >= 0.3 is 0 Å². The molecule has 1 aromatic carbocycles. The van der Waals surface area contributed by atoms with Crippen LogP contribution >= 0.6 is 0 Å². The maximum absolute atomic E-state index is 12.9. The van der Waals surface area contributed by atoms with Crippen LogP contribution in [0.3, 0.4) is 0 Å². The molecule has 3 rings (SSSR count). The van der Waals surface area contributed by atoms with Crippen LogP contribution in [0.4, 0.5) is 5.69 Å². The van der Waals surface area contributed by atoms with Gasteiger partial charge in [0.05, 0.1) is 10.5 Å². The van der Waals surface area contributed by atoms with E-state index in [2.05, 4.69) is 21.5 Å². The van der Waals surface area contributed by atoms with Crippen LogP contribution in [0.25, 0.3) is 0 Å². The number of hydrogen-bond donors (Lipinski definition) is 2. The predicted molar refractivity (Wildman–Crippen MR) is 116 cm³/mol. The first-order valence-electron chi connectivity index (χ1n) is 10.3. The Balaban J connectivity index is 1.75. The monoisotopic (exact) mass is 417 g/mol. The van der Waals surface area contributed by atoms with E-state index in [1.807, 2.05) is 13.0 Å². The van der Waals surface area contributed by atoms with Crippen molar-refractivity contribution in [1.29, 1.82) is 0 Å². The summed E-state index contributed by atoms with van der Waals surface area (Å²) in [6.45, 7) is 7.61. The number of hydrogen-bond acceptors (Lipinski definition) is 3. The van der Waals surface area contributed by atoms with Gasteiger partial charge in [-0.2, -0.15) is 0 Å². The van der Waals surface area contributed by atoms with E-state index in [0.717, 1.165) is 24.2 Å². The third-order valence-electron chi connectivity index (χ3n) is 5.48. The number of anilines is 1. The van der Waals surface area contributed by atoms with Gasteiger partial charge < -0.3 is 9.88 Å². The van der Waals surface area contributed by atoms with Crippen LogP contribution in [0, 0.1) is 13.8 Å². The van der Waals surface area contributed by atoms with Crippen LogP contribution in [0.1, 0.15) is 73.7 Å². The summed E-state index contributed by atoms with van der Waals surface area (Å²) in [6, 6.07) is 8.49. The molecule has 1 aliphatic rings. The molecule has 7 heteroatoms. The number of sulfonamides is 1. The summed E-state index contributed by atoms with van der Waals surface area (Å²) in [7, 11) is -3.54. The average Bonchev–Trinajstić information content (AvgIpc) is 2.96. The number of aromatic nitrogens is 1. The lowest BCUT2D eigenvalue weighted by Crippen LogP contribution is -2.30. The van der Waals surface area contributed by atoms with Crippen LogP contribution in [-0.2, 0) is 10.0 Å². The summed E-state index contributed by atoms with van der Waals surface area (Å²) in [4.78, 5) is 13.0. The van der Waals surface area contributed by atoms with Gasteiger partial charge in [0.15, 0.2) is 0 Å². The standard InChI is InChI=1S/C22H31N3O3S/c1-15(2)24-29(27,28)20-12-10-18(11-13-20)23-22(26)21-14-16(3)25(17(21)4)19-8-6-5-7-9-19/h10-15,19,24H,5-9H2,1-4H3,(H,23,26). The minimum atomic E-state index is -3.54. The number of benzene rings is 1. The van der Waals surface area contributed by atoms with Gasteiger partial charge in [-0.05, 0) is 70.9 Å². The lowest BCUT2D eigenvalue weighted by Gasteiger charge is -2.26. The third-order valence-corrected chi connectivity index (χ3v) is 7.16. The van der Waals surface area contributed by atoms with E-state index in [-0.39, 0.29) is 16.8 Å². The molecule has 1 aromatic heterocycles. The molecule has 1 aliphatic carbocycles. The maximum Gasteiger partial charge on any atom is 0.257 e. The predicted octanol–water partition coefficient (Wildman–Crippen LogP) is 4.55. The summed E-state index contributed by atoms with van der Waals surface area (Å²) in [5.74, 6) is -0.170. The molecule has 1 fully saturated rings. The van der Waals surface area contributed by atoms with Crippen molar-refractivity contribution in [3.8, 4) is 0 Å². The third kappa shape index (κ3) is 4.90. The van der Waals surface area contributed by atoms with Crippen LogP contribution in [0.15, 0.2) is 35.2 Å². The number of rotatable bonds is 6. The molecule has 2 aromatic rings. The number of aryl methyl sites for hydroxylation is 1. The fraction of sp³-hybridized carbons (Fsp3) is 0.500. The van der Waals surface area contributed by atoms with E-state index in [1.54, 1.807) is 26.0 Å². The van der Waals surface area contributed by atoms with Gasteiger partial charge in [0.1, 0.15) is 0 Å². The Morgan fingerprint density at radius 1 is 1.07 bits per heavy atom. The van der Waals surface area contributed by atoms with E-state index < -0.39 is 10.0 Å². The molecule has 1 heterocycles. The number of nitrogens with zero attached hydrogens (tertiary/aromatic N) is 1. The van der Waals surface area contributed by atoms with Crippen LogP contribution < -0.4 is 10.0 Å². The second-order valence-corrected chi connectivity index (χ2v) is 9.92. The topological polar surface area (TPSA) is 80.2 Å². The van der Waals surface area contributed by atoms with Crippen molar-refractivity contribution in [2.45, 2.75) is 76.8 Å². The highest BCUT2D eigenvalue weighted by Gasteiger charge is 2.23. The Labute approximate surface area is 173 Å². The first-order chi connectivity index (χ1) is 13.7. The van der Waals surface area contributed by atoms with Crippen molar-refractivity contribution in [2.24, 2.45) is 0 Å². The molecule has 158 valence electrons. The van der Waals surface area contributed by atoms with Crippen molar-refractivity contribution >= 4 is 21.6 Å². The molecule has 1 amide bonds. The molecule has 0 spiro atoms. The van der Waals surface area contributed by atoms with Crippen molar-refractivity contribution in [2.75, 3.05) is 5.32 Å². The summed E-state index contributed by atoms with van der Waals surface area (Å²) in [6.07, 6.45) is 6.10. The summed E-state index contributed by atoms with van der Waals surface area (Å²) in [5, 5.41) is 2.89. The molecular formula is C22H31N3O3S. The highest BCUT2D eigenvalue weighted by molar-refractivity contribution is 7.89. The number of nitrogens with one attached hydrogen (secondary N) is 2. The molecule has 0 bridgehead atoms. The zero-order chi connectivity index (χ0) is 21.2. The van der Waals surface area contributed by atoms with Crippen molar-refractivity contribution in [3.05, 3.63) is 47.3 Å². The Morgan fingerprint density at radius 2 is 1.69 bits per heavy atom. The Kier molecular flexibility index (Phi) is 6.49. The molecular weight excluding hydrogens is 386 g/mol. The van der Waals surface area contributed by atoms with E-state index in [1.165, 1.54) is 31.4 Å². The summed E-state index contributed by atoms with van der Waals surface area (Å²) < 4.78 is 29.3. The SMILES string of the molecule is Cc1cc(C(=O)Nc2ccc(S(=O)(=O)NC(C)C)cc2)c(C)n1C1CCCCC1. The molecule has 2 N–H and O–H groups in total. The smallest absolute Gasteiger partial charge is 0.257 e. The second kappa shape index (κ2) is 8.71. The summed E-state index contributed by atoms with van der Waals surface area (Å²) in [5.41, 5.74) is 3.35. The molecule has 0 atom stereocenters. The first kappa shape index (κ1) is 21.6. The maximum atomic E-state index is 12.9. The van der Waals surface area contributed by atoms with Gasteiger partial charge in [0.25, 0.3) is 5.91 Å². The first-order valence-corrected chi connectivity index (χ1v) is 11.8. The van der Waals surface area contributed by atoms with Crippen molar-refractivity contribution < 1.29 is 13.2 Å². The molecule has 0 radical (unpaired) electrons. The van der Waals surface area contributed by atoms with Gasteiger partial charge in [0.2, 0.25) is 10.0 Å². The second-order valence-electron chi connectivity index (χ2n) is 8.20. The molecule has 29 heavy (non-hydrogen) atoms. The zero-order valence-electron chi connectivity index (χ0n) is 17.7. The van der Waals surface area contributed by atoms with Gasteiger partial charge in [-0.15, -0.1) is 0 Å². The number of carbonyl (C=O) groups is 1. The van der Waals surface area contributed by atoms with Crippen molar-refractivity contribution in [3.63, 3.8) is 0 Å². The highest BCUT2D eigenvalue weighted by atomic mass is 32.2. The van der Waals surface area contributed by atoms with Crippen LogP contribution in [0.2, 0.25) is 0 Å². The molecule has 0 aliphatic heterocycles. The molecule has 6 nitrogen and oxygen atoms in total. The largest absolute Gasteiger partial charge is 0.345 e. The van der Waals surface area contributed by atoms with Gasteiger partial charge in [-0.3, -0.25) is 4.79 Å². The van der Waals surface area contributed by atoms with E-state index in [9.17, 15) is 13.2 Å². The molecule has 1 saturated carbocycles. The van der Waals surface area contributed by atoms with E-state index in [4.69, 9.17) is 0 Å². The summed E-state index contributed by atoms with van der Waals surface area (Å²) >= 11 is 0. The van der Waals surface area contributed by atoms with Gasteiger partial charge in [-0.1, -0.05) is 19.3 Å². The fourth-order valence-electron chi connectivity index (χ4n) is 4.20. The van der Waals surface area contributed by atoms with Gasteiger partial charge in [0, 0.05) is 29.2 Å². The molecule has 0 saturated heterocycles. The van der Waals surface area contributed by atoms with Crippen LogP contribution in [0.5, 0.6) is 0 Å². The lowest BCUT2D eigenvalue weighted by molar-refractivity contribution is 0.102. The van der Waals surface area contributed by atoms with Crippen LogP contribution in [-0.4, -0.2) is 24.9 Å². The highest BCUT2D eigenvalue weighted by Crippen LogP contribution is 2.32. The minimum Gasteiger partial charge on any atom is -0.345 e. The van der Waals surface area contributed by atoms with Crippen molar-refractivity contribution in [1.82, 2.24) is 9.29 Å². The number of amides is 1. The average molecular weight is 418 g/mol. The minimum absolute atomic E-state index is 0.170. The molecule has 0 unspecified atom stereocenters. The fourth-order valence-corrected chi connectivity index (χ4v) is 5.45. The Hall–Kier alpha value is -2.12.